The quantitative estimate of drug-likeness (QED) is 0.465. The van der Waals surface area contributed by atoms with E-state index in [0.717, 1.165) is 28.7 Å². The molecular weight excluding hydrogens is 420 g/mol. The summed E-state index contributed by atoms with van der Waals surface area (Å²) in [6, 6.07) is 11.6. The lowest BCUT2D eigenvalue weighted by molar-refractivity contribution is 0.282. The third-order valence-electron chi connectivity index (χ3n) is 3.66. The zero-order valence-corrected chi connectivity index (χ0v) is 17.1. The van der Waals surface area contributed by atoms with Gasteiger partial charge in [-0.15, -0.1) is 0 Å². The highest BCUT2D eigenvalue weighted by Crippen LogP contribution is 2.37. The Bertz CT molecular complexity index is 700. The molecule has 26 heavy (non-hydrogen) atoms. The van der Waals surface area contributed by atoms with Crippen LogP contribution in [0.25, 0.3) is 0 Å². The van der Waals surface area contributed by atoms with Crippen molar-refractivity contribution in [2.24, 2.45) is 0 Å². The molecule has 0 amide bonds. The summed E-state index contributed by atoms with van der Waals surface area (Å²) in [7, 11) is 1.63. The third-order valence-corrected chi connectivity index (χ3v) is 4.48. The van der Waals surface area contributed by atoms with Crippen LogP contribution in [0.4, 0.5) is 0 Å². The lowest BCUT2D eigenvalue weighted by atomic mass is 10.2. The zero-order valence-electron chi connectivity index (χ0n) is 14.7. The first kappa shape index (κ1) is 21.0. The molecule has 2 rings (SSSR count). The van der Waals surface area contributed by atoms with Gasteiger partial charge >= 0.3 is 0 Å². The second kappa shape index (κ2) is 11.4. The Hall–Kier alpha value is -1.31. The Labute approximate surface area is 167 Å². The maximum absolute atomic E-state index is 8.72. The topological polar surface area (TPSA) is 62.8 Å². The summed E-state index contributed by atoms with van der Waals surface area (Å²) in [6.07, 6.45) is 0. The smallest absolute Gasteiger partial charge is 0.175 e. The van der Waals surface area contributed by atoms with Gasteiger partial charge in [-0.25, -0.2) is 0 Å². The number of rotatable bonds is 11. The van der Waals surface area contributed by atoms with Gasteiger partial charge in [0.1, 0.15) is 6.61 Å². The average molecular weight is 444 g/mol. The van der Waals surface area contributed by atoms with Crippen molar-refractivity contribution in [2.75, 3.05) is 33.4 Å². The number of methoxy groups -OCH3 is 1. The van der Waals surface area contributed by atoms with E-state index in [1.54, 1.807) is 7.11 Å². The van der Waals surface area contributed by atoms with Gasteiger partial charge < -0.3 is 25.2 Å². The molecule has 0 unspecified atom stereocenters. The summed E-state index contributed by atoms with van der Waals surface area (Å²) in [5.41, 5.74) is 2.08. The van der Waals surface area contributed by atoms with E-state index in [1.807, 2.05) is 36.4 Å². The molecule has 0 aliphatic rings. The molecule has 0 atom stereocenters. The zero-order chi connectivity index (χ0) is 18.8. The van der Waals surface area contributed by atoms with Crippen LogP contribution in [0.15, 0.2) is 40.9 Å². The van der Waals surface area contributed by atoms with Crippen LogP contribution >= 0.6 is 27.5 Å². The number of nitrogens with one attached hydrogen (secondary N) is 2. The maximum atomic E-state index is 8.72. The Kier molecular flexibility index (Phi) is 9.22. The Morgan fingerprint density at radius 2 is 1.88 bits per heavy atom. The summed E-state index contributed by atoms with van der Waals surface area (Å²) in [4.78, 5) is 0. The fourth-order valence-electron chi connectivity index (χ4n) is 2.41. The van der Waals surface area contributed by atoms with Crippen LogP contribution in [-0.4, -0.2) is 38.5 Å². The van der Waals surface area contributed by atoms with Crippen molar-refractivity contribution >= 4 is 27.5 Å². The standard InChI is InChI=1S/C19H24BrClN2O3/c1-25-18-11-15(12-23-6-5-22-7-8-24)10-17(20)19(18)26-13-14-3-2-4-16(21)9-14/h2-4,9-11,22-24H,5-8,12-13H2,1H3. The minimum atomic E-state index is 0.154. The van der Waals surface area contributed by atoms with E-state index in [9.17, 15) is 0 Å². The molecule has 0 saturated carbocycles. The SMILES string of the molecule is COc1cc(CNCCNCCO)cc(Br)c1OCc1cccc(Cl)c1. The number of ether oxygens (including phenoxy) is 2. The monoisotopic (exact) mass is 442 g/mol. The summed E-state index contributed by atoms with van der Waals surface area (Å²) in [6.45, 7) is 3.50. The highest BCUT2D eigenvalue weighted by Gasteiger charge is 2.12. The molecule has 5 nitrogen and oxygen atoms in total. The highest BCUT2D eigenvalue weighted by atomic mass is 79.9. The number of hydrogen-bond donors (Lipinski definition) is 3. The maximum Gasteiger partial charge on any atom is 0.175 e. The Morgan fingerprint density at radius 1 is 1.08 bits per heavy atom. The van der Waals surface area contributed by atoms with Crippen LogP contribution in [0.3, 0.4) is 0 Å². The van der Waals surface area contributed by atoms with Gasteiger partial charge in [0.05, 0.1) is 18.2 Å². The van der Waals surface area contributed by atoms with E-state index in [0.29, 0.717) is 36.2 Å². The van der Waals surface area contributed by atoms with Gasteiger partial charge in [-0.05, 0) is 51.3 Å². The molecule has 0 bridgehead atoms. The molecule has 3 N–H and O–H groups in total. The molecule has 2 aromatic carbocycles. The van der Waals surface area contributed by atoms with Gasteiger partial charge in [-0.3, -0.25) is 0 Å². The number of aliphatic hydroxyl groups excluding tert-OH is 1. The molecule has 0 spiro atoms. The minimum absolute atomic E-state index is 0.154. The van der Waals surface area contributed by atoms with Crippen molar-refractivity contribution in [3.63, 3.8) is 0 Å². The van der Waals surface area contributed by atoms with Crippen molar-refractivity contribution < 1.29 is 14.6 Å². The minimum Gasteiger partial charge on any atom is -0.493 e. The molecule has 0 aliphatic carbocycles. The number of aliphatic hydroxyl groups is 1. The Morgan fingerprint density at radius 3 is 2.62 bits per heavy atom. The molecule has 0 radical (unpaired) electrons. The predicted octanol–water partition coefficient (Wildman–Crippen LogP) is 3.36. The molecule has 7 heteroatoms. The molecule has 142 valence electrons. The van der Waals surface area contributed by atoms with E-state index in [-0.39, 0.29) is 6.61 Å². The number of halogens is 2. The van der Waals surface area contributed by atoms with E-state index in [4.69, 9.17) is 26.2 Å². The normalized spacial score (nSPS) is 10.8. The first-order chi connectivity index (χ1) is 12.6. The van der Waals surface area contributed by atoms with Crippen LogP contribution in [0.1, 0.15) is 11.1 Å². The van der Waals surface area contributed by atoms with Gasteiger partial charge in [0.25, 0.3) is 0 Å². The summed E-state index contributed by atoms with van der Waals surface area (Å²) in [5, 5.41) is 15.9. The van der Waals surface area contributed by atoms with Crippen molar-refractivity contribution in [1.82, 2.24) is 10.6 Å². The highest BCUT2D eigenvalue weighted by molar-refractivity contribution is 9.10. The first-order valence-electron chi connectivity index (χ1n) is 8.40. The fourth-order valence-corrected chi connectivity index (χ4v) is 3.23. The van der Waals surface area contributed by atoms with Crippen LogP contribution in [0, 0.1) is 0 Å². The van der Waals surface area contributed by atoms with E-state index >= 15 is 0 Å². The fraction of sp³-hybridized carbons (Fsp3) is 0.368. The van der Waals surface area contributed by atoms with Crippen LogP contribution < -0.4 is 20.1 Å². The van der Waals surface area contributed by atoms with E-state index in [1.165, 1.54) is 0 Å². The number of benzene rings is 2. The van der Waals surface area contributed by atoms with E-state index in [2.05, 4.69) is 26.6 Å². The molecule has 0 aromatic heterocycles. The van der Waals surface area contributed by atoms with E-state index < -0.39 is 0 Å². The molecule has 0 saturated heterocycles. The lowest BCUT2D eigenvalue weighted by Gasteiger charge is -2.15. The second-order valence-electron chi connectivity index (χ2n) is 5.68. The first-order valence-corrected chi connectivity index (χ1v) is 9.57. The predicted molar refractivity (Wildman–Crippen MR) is 108 cm³/mol. The lowest BCUT2D eigenvalue weighted by Crippen LogP contribution is -2.28. The largest absolute Gasteiger partial charge is 0.493 e. The second-order valence-corrected chi connectivity index (χ2v) is 6.97. The van der Waals surface area contributed by atoms with Crippen LogP contribution in [-0.2, 0) is 13.2 Å². The van der Waals surface area contributed by atoms with Crippen LogP contribution in [0.5, 0.6) is 11.5 Å². The number of hydrogen-bond acceptors (Lipinski definition) is 5. The molecule has 0 heterocycles. The molecule has 0 aliphatic heterocycles. The molecule has 2 aromatic rings. The molecular formula is C19H24BrClN2O3. The van der Waals surface area contributed by atoms with Gasteiger partial charge in [-0.2, -0.15) is 0 Å². The van der Waals surface area contributed by atoms with Gasteiger partial charge in [0.2, 0.25) is 0 Å². The summed E-state index contributed by atoms with van der Waals surface area (Å²) in [5.74, 6) is 1.34. The van der Waals surface area contributed by atoms with Crippen molar-refractivity contribution in [3.05, 3.63) is 57.0 Å². The third kappa shape index (κ3) is 6.78. The average Bonchev–Trinajstić information content (AvgIpc) is 2.63. The Balaban J connectivity index is 1.95. The van der Waals surface area contributed by atoms with Crippen molar-refractivity contribution in [1.29, 1.82) is 0 Å². The van der Waals surface area contributed by atoms with Crippen molar-refractivity contribution in [2.45, 2.75) is 13.2 Å². The summed E-state index contributed by atoms with van der Waals surface area (Å²) >= 11 is 9.58. The van der Waals surface area contributed by atoms with Gasteiger partial charge in [-0.1, -0.05) is 23.7 Å². The van der Waals surface area contributed by atoms with Gasteiger partial charge in [0.15, 0.2) is 11.5 Å². The van der Waals surface area contributed by atoms with Gasteiger partial charge in [0, 0.05) is 31.2 Å². The van der Waals surface area contributed by atoms with Crippen LogP contribution in [0.2, 0.25) is 5.02 Å². The van der Waals surface area contributed by atoms with Crippen molar-refractivity contribution in [3.8, 4) is 11.5 Å². The summed E-state index contributed by atoms with van der Waals surface area (Å²) < 4.78 is 12.3. The molecule has 0 fully saturated rings.